The van der Waals surface area contributed by atoms with Gasteiger partial charge in [-0.3, -0.25) is 9.59 Å². The predicted octanol–water partition coefficient (Wildman–Crippen LogP) is 0.631. The zero-order valence-corrected chi connectivity index (χ0v) is 12.8. The zero-order valence-electron chi connectivity index (χ0n) is 12.8. The van der Waals surface area contributed by atoms with Crippen molar-refractivity contribution in [2.45, 2.75) is 32.4 Å². The number of halogens is 1. The minimum absolute atomic E-state index is 0.150. The van der Waals surface area contributed by atoms with E-state index in [1.807, 2.05) is 13.8 Å². The van der Waals surface area contributed by atoms with E-state index in [2.05, 4.69) is 4.98 Å². The Morgan fingerprint density at radius 2 is 2.14 bits per heavy atom. The van der Waals surface area contributed by atoms with Crippen LogP contribution in [0.4, 0.5) is 4.39 Å². The van der Waals surface area contributed by atoms with Gasteiger partial charge in [0.15, 0.2) is 11.5 Å². The molecule has 6 nitrogen and oxygen atoms in total. The minimum atomic E-state index is -0.693. The molecule has 2 N–H and O–H groups in total. The normalized spacial score (nSPS) is 21.0. The number of carbonyl (C=O) groups is 2. The first kappa shape index (κ1) is 16.4. The number of amides is 2. The maximum atomic E-state index is 13.8. The number of hydrogen-bond acceptors (Lipinski definition) is 4. The Labute approximate surface area is 129 Å². The van der Waals surface area contributed by atoms with Gasteiger partial charge in [0, 0.05) is 31.9 Å². The molecule has 1 aromatic rings. The number of carbonyl (C=O) groups excluding carboxylic acids is 2. The summed E-state index contributed by atoms with van der Waals surface area (Å²) in [6.07, 6.45) is 1.74. The number of pyridine rings is 1. The van der Waals surface area contributed by atoms with Gasteiger partial charge in [0.1, 0.15) is 6.04 Å². The number of aromatic nitrogens is 1. The van der Waals surface area contributed by atoms with Crippen molar-refractivity contribution >= 4 is 11.8 Å². The molecular formula is C15H21FN4O2. The lowest BCUT2D eigenvalue weighted by atomic mass is 10.1. The summed E-state index contributed by atoms with van der Waals surface area (Å²) in [6, 6.07) is 1.65. The number of nitrogens with two attached hydrogens (primary N) is 1. The van der Waals surface area contributed by atoms with E-state index in [1.165, 1.54) is 23.2 Å². The lowest BCUT2D eigenvalue weighted by Crippen LogP contribution is -2.48. The second-order valence-electron chi connectivity index (χ2n) is 5.31. The third kappa shape index (κ3) is 3.09. The predicted molar refractivity (Wildman–Crippen MR) is 79.5 cm³/mol. The molecule has 120 valence electrons. The molecular weight excluding hydrogens is 287 g/mol. The van der Waals surface area contributed by atoms with Crippen molar-refractivity contribution in [1.29, 1.82) is 0 Å². The molecule has 0 aromatic carbocycles. The summed E-state index contributed by atoms with van der Waals surface area (Å²) >= 11 is 0. The summed E-state index contributed by atoms with van der Waals surface area (Å²) in [4.78, 5) is 31.9. The quantitative estimate of drug-likeness (QED) is 0.885. The molecule has 2 heterocycles. The van der Waals surface area contributed by atoms with Crippen LogP contribution in [0.2, 0.25) is 0 Å². The molecule has 0 spiro atoms. The lowest BCUT2D eigenvalue weighted by molar-refractivity contribution is -0.134. The van der Waals surface area contributed by atoms with Crippen LogP contribution in [0.1, 0.15) is 30.8 Å². The first-order valence-electron chi connectivity index (χ1n) is 7.45. The van der Waals surface area contributed by atoms with Crippen LogP contribution >= 0.6 is 0 Å². The van der Waals surface area contributed by atoms with Gasteiger partial charge in [0.25, 0.3) is 5.91 Å². The van der Waals surface area contributed by atoms with Gasteiger partial charge in [-0.15, -0.1) is 0 Å². The van der Waals surface area contributed by atoms with E-state index in [9.17, 15) is 14.0 Å². The molecule has 0 unspecified atom stereocenters. The van der Waals surface area contributed by atoms with Gasteiger partial charge in [0.05, 0.1) is 0 Å². The summed E-state index contributed by atoms with van der Waals surface area (Å²) < 4.78 is 13.8. The standard InChI is InChI=1S/C15H21FN4O2/c1-3-19(4-2)14(21)12-8-10(17)9-20(12)15(22)13-11(16)6-5-7-18-13/h5-7,10,12H,3-4,8-9,17H2,1-2H3/t10-,12-/m0/s1. The molecule has 1 aromatic heterocycles. The van der Waals surface area contributed by atoms with Gasteiger partial charge in [-0.25, -0.2) is 9.37 Å². The lowest BCUT2D eigenvalue weighted by Gasteiger charge is -2.28. The molecule has 2 rings (SSSR count). The molecule has 1 fully saturated rings. The van der Waals surface area contributed by atoms with Crippen LogP contribution < -0.4 is 5.73 Å². The smallest absolute Gasteiger partial charge is 0.276 e. The highest BCUT2D eigenvalue weighted by molar-refractivity contribution is 5.96. The highest BCUT2D eigenvalue weighted by atomic mass is 19.1. The summed E-state index contributed by atoms with van der Waals surface area (Å²) in [5.74, 6) is -1.43. The summed E-state index contributed by atoms with van der Waals surface area (Å²) in [5, 5.41) is 0. The Kier molecular flexibility index (Phi) is 5.07. The highest BCUT2D eigenvalue weighted by Gasteiger charge is 2.40. The van der Waals surface area contributed by atoms with Crippen molar-refractivity contribution in [3.05, 3.63) is 29.8 Å². The van der Waals surface area contributed by atoms with Crippen molar-refractivity contribution in [1.82, 2.24) is 14.8 Å². The van der Waals surface area contributed by atoms with Crippen LogP contribution in [0.3, 0.4) is 0 Å². The molecule has 0 bridgehead atoms. The van der Waals surface area contributed by atoms with E-state index in [0.717, 1.165) is 0 Å². The molecule has 0 aliphatic carbocycles. The molecule has 7 heteroatoms. The fourth-order valence-corrected chi connectivity index (χ4v) is 2.75. The SMILES string of the molecule is CCN(CC)C(=O)[C@@H]1C[C@H](N)CN1C(=O)c1ncccc1F. The van der Waals surface area contributed by atoms with Crippen molar-refractivity contribution < 1.29 is 14.0 Å². The van der Waals surface area contributed by atoms with Crippen molar-refractivity contribution in [2.75, 3.05) is 19.6 Å². The second-order valence-corrected chi connectivity index (χ2v) is 5.31. The number of rotatable bonds is 4. The largest absolute Gasteiger partial charge is 0.341 e. The Morgan fingerprint density at radius 1 is 1.45 bits per heavy atom. The van der Waals surface area contributed by atoms with E-state index in [1.54, 1.807) is 4.90 Å². The summed E-state index contributed by atoms with van der Waals surface area (Å²) in [5.41, 5.74) is 5.64. The monoisotopic (exact) mass is 308 g/mol. The highest BCUT2D eigenvalue weighted by Crippen LogP contribution is 2.22. The van der Waals surface area contributed by atoms with Gasteiger partial charge in [-0.05, 0) is 32.4 Å². The molecule has 0 saturated carbocycles. The molecule has 1 aliphatic heterocycles. The molecule has 2 amide bonds. The first-order valence-corrected chi connectivity index (χ1v) is 7.45. The second kappa shape index (κ2) is 6.83. The van der Waals surface area contributed by atoms with Crippen LogP contribution in [0.15, 0.2) is 18.3 Å². The van der Waals surface area contributed by atoms with Gasteiger partial charge in [0.2, 0.25) is 5.91 Å². The van der Waals surface area contributed by atoms with Gasteiger partial charge in [-0.1, -0.05) is 0 Å². The number of nitrogens with zero attached hydrogens (tertiary/aromatic N) is 3. The third-order valence-electron chi connectivity index (χ3n) is 3.92. The Morgan fingerprint density at radius 3 is 2.73 bits per heavy atom. The van der Waals surface area contributed by atoms with Crippen molar-refractivity contribution in [3.63, 3.8) is 0 Å². The van der Waals surface area contributed by atoms with E-state index >= 15 is 0 Å². The van der Waals surface area contributed by atoms with E-state index < -0.39 is 17.8 Å². The fraction of sp³-hybridized carbons (Fsp3) is 0.533. The third-order valence-corrected chi connectivity index (χ3v) is 3.92. The Hall–Kier alpha value is -2.02. The molecule has 1 saturated heterocycles. The molecule has 22 heavy (non-hydrogen) atoms. The van der Waals surface area contributed by atoms with Crippen LogP contribution in [-0.4, -0.2) is 58.3 Å². The van der Waals surface area contributed by atoms with Crippen LogP contribution in [-0.2, 0) is 4.79 Å². The summed E-state index contributed by atoms with van der Waals surface area (Å²) in [6.45, 7) is 5.09. The van der Waals surface area contributed by atoms with E-state index in [0.29, 0.717) is 19.5 Å². The Balaban J connectivity index is 2.26. The summed E-state index contributed by atoms with van der Waals surface area (Å²) in [7, 11) is 0. The maximum absolute atomic E-state index is 13.8. The van der Waals surface area contributed by atoms with Crippen molar-refractivity contribution in [3.8, 4) is 0 Å². The topological polar surface area (TPSA) is 79.5 Å². The van der Waals surface area contributed by atoms with Gasteiger partial charge >= 0.3 is 0 Å². The van der Waals surface area contributed by atoms with Crippen molar-refractivity contribution in [2.24, 2.45) is 5.73 Å². The van der Waals surface area contributed by atoms with E-state index in [-0.39, 0.29) is 24.2 Å². The first-order chi connectivity index (χ1) is 10.5. The molecule has 2 atom stereocenters. The van der Waals surface area contributed by atoms with Crippen LogP contribution in [0, 0.1) is 5.82 Å². The van der Waals surface area contributed by atoms with Crippen LogP contribution in [0.25, 0.3) is 0 Å². The van der Waals surface area contributed by atoms with Gasteiger partial charge in [-0.2, -0.15) is 0 Å². The average molecular weight is 308 g/mol. The fourth-order valence-electron chi connectivity index (χ4n) is 2.75. The maximum Gasteiger partial charge on any atom is 0.276 e. The van der Waals surface area contributed by atoms with E-state index in [4.69, 9.17) is 5.73 Å². The number of hydrogen-bond donors (Lipinski definition) is 1. The molecule has 0 radical (unpaired) electrons. The average Bonchev–Trinajstić information content (AvgIpc) is 2.90. The number of likely N-dealkylation sites (N-methyl/N-ethyl adjacent to an activating group) is 1. The van der Waals surface area contributed by atoms with Crippen LogP contribution in [0.5, 0.6) is 0 Å². The van der Waals surface area contributed by atoms with Gasteiger partial charge < -0.3 is 15.5 Å². The Bertz CT molecular complexity index is 562. The molecule has 1 aliphatic rings. The zero-order chi connectivity index (χ0) is 16.3. The number of likely N-dealkylation sites (tertiary alicyclic amines) is 1. The minimum Gasteiger partial charge on any atom is -0.341 e.